The van der Waals surface area contributed by atoms with Gasteiger partial charge in [0.05, 0.1) is 0 Å². The monoisotopic (exact) mass is 284 g/mol. The minimum Gasteiger partial charge on any atom is -0.484 e. The molecule has 0 aliphatic heterocycles. The van der Waals surface area contributed by atoms with Crippen molar-refractivity contribution in [1.29, 1.82) is 0 Å². The summed E-state index contributed by atoms with van der Waals surface area (Å²) in [4.78, 5) is 11.9. The Morgan fingerprint density at radius 1 is 1.14 bits per heavy atom. The first-order valence-corrected chi connectivity index (χ1v) is 6.91. The van der Waals surface area contributed by atoms with Crippen molar-refractivity contribution in [2.45, 2.75) is 13.5 Å². The van der Waals surface area contributed by atoms with Gasteiger partial charge in [-0.25, -0.2) is 0 Å². The van der Waals surface area contributed by atoms with Gasteiger partial charge in [-0.1, -0.05) is 30.3 Å². The molecule has 0 heterocycles. The molecule has 1 amide bonds. The molecule has 0 radical (unpaired) electrons. The highest BCUT2D eigenvalue weighted by molar-refractivity contribution is 5.92. The van der Waals surface area contributed by atoms with E-state index >= 15 is 0 Å². The maximum atomic E-state index is 11.9. The van der Waals surface area contributed by atoms with E-state index in [2.05, 4.69) is 10.6 Å². The fourth-order valence-corrected chi connectivity index (χ4v) is 2.00. The summed E-state index contributed by atoms with van der Waals surface area (Å²) in [5.41, 5.74) is 2.96. The van der Waals surface area contributed by atoms with E-state index in [9.17, 15) is 4.79 Å². The van der Waals surface area contributed by atoms with Gasteiger partial charge in [-0.15, -0.1) is 0 Å². The van der Waals surface area contributed by atoms with E-state index in [1.54, 1.807) is 0 Å². The van der Waals surface area contributed by atoms with Gasteiger partial charge in [0.15, 0.2) is 6.61 Å². The number of benzene rings is 2. The van der Waals surface area contributed by atoms with Crippen LogP contribution in [0.5, 0.6) is 5.75 Å². The summed E-state index contributed by atoms with van der Waals surface area (Å²) in [5, 5.41) is 5.92. The number of anilines is 1. The molecule has 0 aliphatic rings. The minimum atomic E-state index is -0.164. The van der Waals surface area contributed by atoms with E-state index in [-0.39, 0.29) is 12.5 Å². The number of nitrogens with one attached hydrogen (secondary N) is 2. The third-order valence-electron chi connectivity index (χ3n) is 3.07. The normalized spacial score (nSPS) is 10.2. The number of carbonyl (C=O) groups is 1. The van der Waals surface area contributed by atoms with Crippen LogP contribution in [0.15, 0.2) is 48.5 Å². The smallest absolute Gasteiger partial charge is 0.262 e. The van der Waals surface area contributed by atoms with E-state index in [0.29, 0.717) is 5.75 Å². The lowest BCUT2D eigenvalue weighted by Crippen LogP contribution is -2.20. The molecular formula is C17H20N2O2. The minimum absolute atomic E-state index is 0.00264. The Balaban J connectivity index is 1.89. The SMILES string of the molecule is CNCc1cccc(OCC(=O)Nc2ccccc2C)c1. The van der Waals surface area contributed by atoms with E-state index in [1.165, 1.54) is 0 Å². The zero-order chi connectivity index (χ0) is 15.1. The molecule has 2 aromatic carbocycles. The second kappa shape index (κ2) is 7.45. The van der Waals surface area contributed by atoms with Crippen LogP contribution in [0.3, 0.4) is 0 Å². The van der Waals surface area contributed by atoms with Gasteiger partial charge in [0.2, 0.25) is 0 Å². The number of rotatable bonds is 6. The number of carbonyl (C=O) groups excluding carboxylic acids is 1. The molecule has 0 bridgehead atoms. The highest BCUT2D eigenvalue weighted by atomic mass is 16.5. The summed E-state index contributed by atoms with van der Waals surface area (Å²) in [6.07, 6.45) is 0. The molecule has 2 aromatic rings. The first-order chi connectivity index (χ1) is 10.2. The molecular weight excluding hydrogens is 264 g/mol. The van der Waals surface area contributed by atoms with Gasteiger partial charge < -0.3 is 15.4 Å². The first-order valence-electron chi connectivity index (χ1n) is 6.91. The van der Waals surface area contributed by atoms with E-state index < -0.39 is 0 Å². The van der Waals surface area contributed by atoms with Gasteiger partial charge in [0, 0.05) is 12.2 Å². The molecule has 2 N–H and O–H groups in total. The van der Waals surface area contributed by atoms with Crippen LogP contribution >= 0.6 is 0 Å². The van der Waals surface area contributed by atoms with Gasteiger partial charge in [0.1, 0.15) is 5.75 Å². The Morgan fingerprint density at radius 3 is 2.71 bits per heavy atom. The molecule has 0 unspecified atom stereocenters. The Morgan fingerprint density at radius 2 is 1.95 bits per heavy atom. The molecule has 21 heavy (non-hydrogen) atoms. The van der Waals surface area contributed by atoms with Gasteiger partial charge in [-0.05, 0) is 43.3 Å². The fourth-order valence-electron chi connectivity index (χ4n) is 2.00. The molecule has 0 fully saturated rings. The summed E-state index contributed by atoms with van der Waals surface area (Å²) in [6.45, 7) is 2.72. The number of ether oxygens (including phenoxy) is 1. The Hall–Kier alpha value is -2.33. The topological polar surface area (TPSA) is 50.4 Å². The lowest BCUT2D eigenvalue weighted by atomic mass is 10.2. The zero-order valence-corrected chi connectivity index (χ0v) is 12.3. The van der Waals surface area contributed by atoms with Crippen LogP contribution in [0.25, 0.3) is 0 Å². The third kappa shape index (κ3) is 4.61. The molecule has 0 aromatic heterocycles. The molecule has 4 heteroatoms. The Kier molecular flexibility index (Phi) is 5.35. The maximum Gasteiger partial charge on any atom is 0.262 e. The van der Waals surface area contributed by atoms with Crippen molar-refractivity contribution in [2.24, 2.45) is 0 Å². The number of hydrogen-bond acceptors (Lipinski definition) is 3. The average molecular weight is 284 g/mol. The molecule has 0 saturated heterocycles. The van der Waals surface area contributed by atoms with E-state index in [1.807, 2.05) is 62.5 Å². The summed E-state index contributed by atoms with van der Waals surface area (Å²) in [7, 11) is 1.89. The second-order valence-electron chi connectivity index (χ2n) is 4.83. The summed E-state index contributed by atoms with van der Waals surface area (Å²) in [5.74, 6) is 0.533. The van der Waals surface area contributed by atoms with Crippen molar-refractivity contribution in [3.05, 3.63) is 59.7 Å². The zero-order valence-electron chi connectivity index (χ0n) is 12.3. The lowest BCUT2D eigenvalue weighted by Gasteiger charge is -2.10. The van der Waals surface area contributed by atoms with Crippen LogP contribution < -0.4 is 15.4 Å². The average Bonchev–Trinajstić information content (AvgIpc) is 2.48. The van der Waals surface area contributed by atoms with Crippen LogP contribution in [0.2, 0.25) is 0 Å². The standard InChI is InChI=1S/C17H20N2O2/c1-13-6-3-4-9-16(13)19-17(20)12-21-15-8-5-7-14(10-15)11-18-2/h3-10,18H,11-12H2,1-2H3,(H,19,20). The van der Waals surface area contributed by atoms with Crippen LogP contribution in [-0.2, 0) is 11.3 Å². The first kappa shape index (κ1) is 15.1. The van der Waals surface area contributed by atoms with Gasteiger partial charge >= 0.3 is 0 Å². The highest BCUT2D eigenvalue weighted by Gasteiger charge is 2.05. The van der Waals surface area contributed by atoms with Crippen molar-refractivity contribution in [3.63, 3.8) is 0 Å². The summed E-state index contributed by atoms with van der Waals surface area (Å²) >= 11 is 0. The third-order valence-corrected chi connectivity index (χ3v) is 3.07. The molecule has 0 saturated carbocycles. The van der Waals surface area contributed by atoms with Crippen molar-refractivity contribution >= 4 is 11.6 Å². The van der Waals surface area contributed by atoms with Crippen molar-refractivity contribution < 1.29 is 9.53 Å². The quantitative estimate of drug-likeness (QED) is 0.857. The second-order valence-corrected chi connectivity index (χ2v) is 4.83. The largest absolute Gasteiger partial charge is 0.484 e. The summed E-state index contributed by atoms with van der Waals surface area (Å²) < 4.78 is 5.53. The van der Waals surface area contributed by atoms with Crippen LogP contribution in [0.1, 0.15) is 11.1 Å². The van der Waals surface area contributed by atoms with Crippen molar-refractivity contribution in [3.8, 4) is 5.75 Å². The number of para-hydroxylation sites is 1. The molecule has 0 spiro atoms. The van der Waals surface area contributed by atoms with Crippen molar-refractivity contribution in [1.82, 2.24) is 5.32 Å². The fraction of sp³-hybridized carbons (Fsp3) is 0.235. The van der Waals surface area contributed by atoms with Gasteiger partial charge in [-0.2, -0.15) is 0 Å². The van der Waals surface area contributed by atoms with Crippen LogP contribution in [0, 0.1) is 6.92 Å². The maximum absolute atomic E-state index is 11.9. The van der Waals surface area contributed by atoms with Gasteiger partial charge in [0.25, 0.3) is 5.91 Å². The number of hydrogen-bond donors (Lipinski definition) is 2. The number of aryl methyl sites for hydroxylation is 1. The molecule has 4 nitrogen and oxygen atoms in total. The predicted molar refractivity (Wildman–Crippen MR) is 84.5 cm³/mol. The number of amides is 1. The predicted octanol–water partition coefficient (Wildman–Crippen LogP) is 2.73. The van der Waals surface area contributed by atoms with Crippen LogP contribution in [-0.4, -0.2) is 19.6 Å². The molecule has 0 atom stereocenters. The van der Waals surface area contributed by atoms with E-state index in [0.717, 1.165) is 23.4 Å². The molecule has 2 rings (SSSR count). The highest BCUT2D eigenvalue weighted by Crippen LogP contribution is 2.15. The Bertz CT molecular complexity index is 611. The Labute approximate surface area is 125 Å². The lowest BCUT2D eigenvalue weighted by molar-refractivity contribution is -0.118. The summed E-state index contributed by atoms with van der Waals surface area (Å²) in [6, 6.07) is 15.4. The van der Waals surface area contributed by atoms with Crippen molar-refractivity contribution in [2.75, 3.05) is 19.0 Å². The molecule has 0 aliphatic carbocycles. The molecule has 110 valence electrons. The van der Waals surface area contributed by atoms with Gasteiger partial charge in [-0.3, -0.25) is 4.79 Å². The van der Waals surface area contributed by atoms with E-state index in [4.69, 9.17) is 4.74 Å². The van der Waals surface area contributed by atoms with Crippen LogP contribution in [0.4, 0.5) is 5.69 Å².